The van der Waals surface area contributed by atoms with Crippen LogP contribution in [-0.4, -0.2) is 49.1 Å². The van der Waals surface area contributed by atoms with Crippen LogP contribution in [-0.2, 0) is 30.8 Å². The van der Waals surface area contributed by atoms with E-state index in [0.29, 0.717) is 16.9 Å². The molecule has 2 aliphatic rings. The molecule has 0 radical (unpaired) electrons. The molecule has 0 unspecified atom stereocenters. The van der Waals surface area contributed by atoms with Crippen molar-refractivity contribution in [3.63, 3.8) is 0 Å². The van der Waals surface area contributed by atoms with Crippen molar-refractivity contribution in [1.29, 1.82) is 0 Å². The normalized spacial score (nSPS) is 21.0. The second-order valence-electron chi connectivity index (χ2n) is 7.23. The van der Waals surface area contributed by atoms with E-state index in [1.54, 1.807) is 24.3 Å². The maximum Gasteiger partial charge on any atom is 0.327 e. The quantitative estimate of drug-likeness (QED) is 0.731. The van der Waals surface area contributed by atoms with Crippen molar-refractivity contribution in [2.45, 2.75) is 23.8 Å². The summed E-state index contributed by atoms with van der Waals surface area (Å²) in [6.07, 6.45) is -0.0398. The third-order valence-electron chi connectivity index (χ3n) is 5.39. The van der Waals surface area contributed by atoms with Crippen molar-refractivity contribution in [3.8, 4) is 0 Å². The van der Waals surface area contributed by atoms with E-state index in [4.69, 9.17) is 5.11 Å². The smallest absolute Gasteiger partial charge is 0.327 e. The summed E-state index contributed by atoms with van der Waals surface area (Å²) in [5.74, 6) is -3.46. The van der Waals surface area contributed by atoms with E-state index >= 15 is 0 Å². The van der Waals surface area contributed by atoms with Crippen LogP contribution in [0.25, 0.3) is 0 Å². The van der Waals surface area contributed by atoms with Gasteiger partial charge in [0.1, 0.15) is 6.04 Å². The number of fused-ring (bicyclic) bond motifs is 1. The van der Waals surface area contributed by atoms with E-state index in [2.05, 4.69) is 0 Å². The first-order valence-corrected chi connectivity index (χ1v) is 10.6. The fourth-order valence-corrected chi connectivity index (χ4v) is 5.52. The number of sulfonamides is 1. The number of rotatable bonds is 5. The molecule has 1 fully saturated rings. The van der Waals surface area contributed by atoms with Crippen LogP contribution in [0.4, 0.5) is 11.4 Å². The molecular formula is C20H18N2O7S. The summed E-state index contributed by atoms with van der Waals surface area (Å²) >= 11 is 0. The van der Waals surface area contributed by atoms with Gasteiger partial charge in [-0.3, -0.25) is 13.9 Å². The lowest BCUT2D eigenvalue weighted by Crippen LogP contribution is -2.42. The number of para-hydroxylation sites is 1. The molecule has 0 spiro atoms. The van der Waals surface area contributed by atoms with Crippen molar-refractivity contribution in [2.24, 2.45) is 5.92 Å². The molecule has 2 aliphatic heterocycles. The van der Waals surface area contributed by atoms with Gasteiger partial charge in [-0.05, 0) is 35.9 Å². The predicted molar refractivity (Wildman–Crippen MR) is 106 cm³/mol. The van der Waals surface area contributed by atoms with Crippen molar-refractivity contribution in [3.05, 3.63) is 54.1 Å². The molecule has 0 aliphatic carbocycles. The number of hydrogen-bond acceptors (Lipinski definition) is 5. The maximum absolute atomic E-state index is 13.3. The van der Waals surface area contributed by atoms with Gasteiger partial charge in [0.25, 0.3) is 10.0 Å². The Kier molecular flexibility index (Phi) is 4.73. The van der Waals surface area contributed by atoms with Crippen LogP contribution in [0.5, 0.6) is 0 Å². The van der Waals surface area contributed by atoms with Crippen LogP contribution in [0.15, 0.2) is 53.4 Å². The van der Waals surface area contributed by atoms with Gasteiger partial charge in [-0.15, -0.1) is 0 Å². The second kappa shape index (κ2) is 7.13. The summed E-state index contributed by atoms with van der Waals surface area (Å²) in [7, 11) is -4.17. The number of carboxylic acids is 2. The average Bonchev–Trinajstić information content (AvgIpc) is 3.29. The van der Waals surface area contributed by atoms with Gasteiger partial charge < -0.3 is 15.1 Å². The highest BCUT2D eigenvalue weighted by atomic mass is 32.2. The molecule has 2 aromatic rings. The molecule has 10 heteroatoms. The molecule has 9 nitrogen and oxygen atoms in total. The second-order valence-corrected chi connectivity index (χ2v) is 9.04. The first-order valence-electron chi connectivity index (χ1n) is 9.18. The number of benzene rings is 2. The number of amides is 1. The third-order valence-corrected chi connectivity index (χ3v) is 7.23. The molecule has 0 aromatic heterocycles. The molecule has 0 bridgehead atoms. The zero-order valence-electron chi connectivity index (χ0n) is 15.6. The fourth-order valence-electron chi connectivity index (χ4n) is 3.88. The molecular weight excluding hydrogens is 412 g/mol. The summed E-state index contributed by atoms with van der Waals surface area (Å²) in [6.45, 7) is 0.0147. The average molecular weight is 430 g/mol. The van der Waals surface area contributed by atoms with Gasteiger partial charge in [-0.2, -0.15) is 0 Å². The van der Waals surface area contributed by atoms with Crippen molar-refractivity contribution < 1.29 is 33.0 Å². The number of carboxylic acid groups (broad SMARTS) is 2. The van der Waals surface area contributed by atoms with E-state index < -0.39 is 33.9 Å². The first kappa shape index (κ1) is 19.9. The van der Waals surface area contributed by atoms with E-state index in [1.807, 2.05) is 0 Å². The minimum atomic E-state index is -4.17. The lowest BCUT2D eigenvalue weighted by Gasteiger charge is -2.24. The number of nitrogens with zero attached hydrogens (tertiary/aromatic N) is 2. The van der Waals surface area contributed by atoms with Gasteiger partial charge in [0, 0.05) is 25.1 Å². The highest BCUT2D eigenvalue weighted by Gasteiger charge is 2.42. The Morgan fingerprint density at radius 1 is 0.933 bits per heavy atom. The van der Waals surface area contributed by atoms with Crippen LogP contribution in [0, 0.1) is 5.92 Å². The van der Waals surface area contributed by atoms with E-state index in [9.17, 15) is 27.9 Å². The van der Waals surface area contributed by atoms with Gasteiger partial charge in [-0.25, -0.2) is 13.2 Å². The summed E-state index contributed by atoms with van der Waals surface area (Å²) in [6, 6.07) is 10.8. The van der Waals surface area contributed by atoms with E-state index in [-0.39, 0.29) is 30.2 Å². The standard InChI is InChI=1S/C20H18N2O7S/c23-18-10-13(19(24)25)11-21(18)14-5-7-15(8-6-14)30(28,29)22-16-4-2-1-3-12(16)9-17(22)20(26)27/h1-8,13,17H,9-11H2,(H,24,25)(H,26,27)/t13-,17+/m1/s1. The Balaban J connectivity index is 1.66. The summed E-state index contributed by atoms with van der Waals surface area (Å²) in [4.78, 5) is 36.1. The van der Waals surface area contributed by atoms with Gasteiger partial charge in [0.2, 0.25) is 5.91 Å². The topological polar surface area (TPSA) is 132 Å². The van der Waals surface area contributed by atoms with Crippen LogP contribution in [0.1, 0.15) is 12.0 Å². The molecule has 1 saturated heterocycles. The molecule has 0 saturated carbocycles. The highest BCUT2D eigenvalue weighted by molar-refractivity contribution is 7.93. The summed E-state index contributed by atoms with van der Waals surface area (Å²) in [5, 5.41) is 18.7. The van der Waals surface area contributed by atoms with Crippen LogP contribution in [0.3, 0.4) is 0 Å². The zero-order chi connectivity index (χ0) is 21.6. The number of anilines is 2. The lowest BCUT2D eigenvalue weighted by atomic mass is 10.1. The van der Waals surface area contributed by atoms with Crippen molar-refractivity contribution >= 4 is 39.2 Å². The van der Waals surface area contributed by atoms with Gasteiger partial charge >= 0.3 is 11.9 Å². The lowest BCUT2D eigenvalue weighted by molar-refractivity contribution is -0.141. The number of carbonyl (C=O) groups is 3. The molecule has 2 atom stereocenters. The molecule has 4 rings (SSSR count). The Bertz CT molecular complexity index is 1140. The Morgan fingerprint density at radius 2 is 1.60 bits per heavy atom. The molecule has 30 heavy (non-hydrogen) atoms. The van der Waals surface area contributed by atoms with Crippen LogP contribution in [0.2, 0.25) is 0 Å². The minimum absolute atomic E-state index is 0.0147. The molecule has 2 heterocycles. The zero-order valence-corrected chi connectivity index (χ0v) is 16.4. The van der Waals surface area contributed by atoms with Crippen LogP contribution >= 0.6 is 0 Å². The first-order chi connectivity index (χ1) is 14.2. The number of hydrogen-bond donors (Lipinski definition) is 2. The van der Waals surface area contributed by atoms with E-state index in [1.165, 1.54) is 29.2 Å². The predicted octanol–water partition coefficient (Wildman–Crippen LogP) is 1.33. The van der Waals surface area contributed by atoms with Gasteiger partial charge in [0.05, 0.1) is 16.5 Å². The van der Waals surface area contributed by atoms with Crippen LogP contribution < -0.4 is 9.21 Å². The van der Waals surface area contributed by atoms with Gasteiger partial charge in [0.15, 0.2) is 0 Å². The van der Waals surface area contributed by atoms with Crippen molar-refractivity contribution in [1.82, 2.24) is 0 Å². The number of carbonyl (C=O) groups excluding carboxylic acids is 1. The molecule has 1 amide bonds. The summed E-state index contributed by atoms with van der Waals surface area (Å²) in [5.41, 5.74) is 1.35. The van der Waals surface area contributed by atoms with Gasteiger partial charge in [-0.1, -0.05) is 18.2 Å². The largest absolute Gasteiger partial charge is 0.481 e. The minimum Gasteiger partial charge on any atom is -0.481 e. The number of aliphatic carboxylic acids is 2. The Hall–Kier alpha value is -3.40. The molecule has 156 valence electrons. The molecule has 2 aromatic carbocycles. The third kappa shape index (κ3) is 3.18. The Morgan fingerprint density at radius 3 is 2.20 bits per heavy atom. The summed E-state index contributed by atoms with van der Waals surface area (Å²) < 4.78 is 27.4. The monoisotopic (exact) mass is 430 g/mol. The van der Waals surface area contributed by atoms with Crippen molar-refractivity contribution in [2.75, 3.05) is 15.7 Å². The maximum atomic E-state index is 13.3. The highest BCUT2D eigenvalue weighted by Crippen LogP contribution is 2.37. The Labute approximate surface area is 172 Å². The molecule has 2 N–H and O–H groups in total. The fraction of sp³-hybridized carbons (Fsp3) is 0.250. The van der Waals surface area contributed by atoms with E-state index in [0.717, 1.165) is 4.31 Å². The SMILES string of the molecule is O=C(O)[C@@H]1CC(=O)N(c2ccc(S(=O)(=O)N3c4ccccc4C[C@H]3C(=O)O)cc2)C1.